The third-order valence-electron chi connectivity index (χ3n) is 3.47. The average molecular weight is 249 g/mol. The molecule has 0 radical (unpaired) electrons. The molecule has 0 aromatic carbocycles. The van der Waals surface area contributed by atoms with Crippen molar-refractivity contribution in [3.63, 3.8) is 0 Å². The highest BCUT2D eigenvalue weighted by atomic mass is 32.1. The minimum absolute atomic E-state index is 0.167. The molecule has 3 nitrogen and oxygen atoms in total. The van der Waals surface area contributed by atoms with Crippen LogP contribution in [-0.2, 0) is 0 Å². The molecule has 3 atom stereocenters. The summed E-state index contributed by atoms with van der Waals surface area (Å²) in [6.45, 7) is 2.14. The maximum absolute atomic E-state index is 9.23. The number of nitrogens with zero attached hydrogens (tertiary/aromatic N) is 2. The summed E-state index contributed by atoms with van der Waals surface area (Å²) in [4.78, 5) is 4.33. The minimum Gasteiger partial charge on any atom is -0.304 e. The van der Waals surface area contributed by atoms with E-state index in [0.29, 0.717) is 6.04 Å². The highest BCUT2D eigenvalue weighted by molar-refractivity contribution is 7.09. The van der Waals surface area contributed by atoms with E-state index >= 15 is 0 Å². The van der Waals surface area contributed by atoms with Gasteiger partial charge in [-0.25, -0.2) is 4.98 Å². The van der Waals surface area contributed by atoms with Crippen molar-refractivity contribution < 1.29 is 0 Å². The Morgan fingerprint density at radius 1 is 1.47 bits per heavy atom. The Kier molecular flexibility index (Phi) is 4.52. The fourth-order valence-corrected chi connectivity index (χ4v) is 3.16. The average Bonchev–Trinajstić information content (AvgIpc) is 2.78. The van der Waals surface area contributed by atoms with Crippen molar-refractivity contribution in [1.82, 2.24) is 10.3 Å². The van der Waals surface area contributed by atoms with Crippen LogP contribution in [0.2, 0.25) is 0 Å². The fraction of sp³-hybridized carbons (Fsp3) is 0.692. The number of thiazole rings is 1. The lowest BCUT2D eigenvalue weighted by Gasteiger charge is -2.24. The second kappa shape index (κ2) is 6.13. The Balaban J connectivity index is 1.98. The van der Waals surface area contributed by atoms with Gasteiger partial charge >= 0.3 is 0 Å². The van der Waals surface area contributed by atoms with Gasteiger partial charge in [0.05, 0.1) is 18.0 Å². The topological polar surface area (TPSA) is 48.7 Å². The van der Waals surface area contributed by atoms with E-state index in [-0.39, 0.29) is 12.0 Å². The minimum atomic E-state index is 0.167. The van der Waals surface area contributed by atoms with E-state index in [4.69, 9.17) is 0 Å². The second-order valence-corrected chi connectivity index (χ2v) is 5.66. The zero-order valence-electron chi connectivity index (χ0n) is 10.2. The number of nitriles is 1. The molecule has 0 spiro atoms. The number of nitrogens with one attached hydrogen (secondary N) is 1. The van der Waals surface area contributed by atoms with Crippen LogP contribution in [0.5, 0.6) is 0 Å². The zero-order valence-corrected chi connectivity index (χ0v) is 11.0. The largest absolute Gasteiger partial charge is 0.304 e. The van der Waals surface area contributed by atoms with Crippen LogP contribution < -0.4 is 5.32 Å². The lowest BCUT2D eigenvalue weighted by molar-refractivity contribution is 0.361. The van der Waals surface area contributed by atoms with Crippen molar-refractivity contribution in [1.29, 1.82) is 5.26 Å². The molecule has 1 aromatic rings. The molecule has 17 heavy (non-hydrogen) atoms. The standard InChI is InChI=1S/C13H19N3S/c1-10(13-15-7-8-17-13)16-12-6-4-2-3-5-11(12)9-14/h7-8,10-12,16H,2-6H2,1H3. The fourth-order valence-electron chi connectivity index (χ4n) is 2.50. The Morgan fingerprint density at radius 2 is 2.29 bits per heavy atom. The Labute approximate surface area is 107 Å². The summed E-state index contributed by atoms with van der Waals surface area (Å²) in [5.74, 6) is 0.167. The van der Waals surface area contributed by atoms with Crippen LogP contribution in [0.1, 0.15) is 50.1 Å². The Morgan fingerprint density at radius 3 is 3.00 bits per heavy atom. The Hall–Kier alpha value is -0.920. The third-order valence-corrected chi connectivity index (χ3v) is 4.43. The molecule has 1 aliphatic rings. The number of rotatable bonds is 3. The summed E-state index contributed by atoms with van der Waals surface area (Å²) in [6, 6.07) is 3.06. The van der Waals surface area contributed by atoms with E-state index in [2.05, 4.69) is 23.3 Å². The van der Waals surface area contributed by atoms with Crippen LogP contribution in [0.25, 0.3) is 0 Å². The van der Waals surface area contributed by atoms with Crippen molar-refractivity contribution in [2.45, 2.75) is 51.1 Å². The lowest BCUT2D eigenvalue weighted by atomic mass is 9.96. The number of aromatic nitrogens is 1. The lowest BCUT2D eigenvalue weighted by Crippen LogP contribution is -2.36. The van der Waals surface area contributed by atoms with Gasteiger partial charge in [-0.2, -0.15) is 5.26 Å². The van der Waals surface area contributed by atoms with Crippen LogP contribution in [0, 0.1) is 17.2 Å². The molecule has 0 saturated heterocycles. The summed E-state index contributed by atoms with van der Waals surface area (Å²) >= 11 is 1.68. The quantitative estimate of drug-likeness (QED) is 0.836. The molecule has 3 unspecified atom stereocenters. The predicted octanol–water partition coefficient (Wildman–Crippen LogP) is 3.27. The van der Waals surface area contributed by atoms with Gasteiger partial charge in [-0.15, -0.1) is 11.3 Å². The molecular weight excluding hydrogens is 230 g/mol. The summed E-state index contributed by atoms with van der Waals surface area (Å²) < 4.78 is 0. The molecule has 4 heteroatoms. The van der Waals surface area contributed by atoms with Crippen LogP contribution in [-0.4, -0.2) is 11.0 Å². The van der Waals surface area contributed by atoms with Crippen molar-refractivity contribution >= 4 is 11.3 Å². The third kappa shape index (κ3) is 3.27. The van der Waals surface area contributed by atoms with E-state index in [0.717, 1.165) is 17.8 Å². The molecule has 92 valence electrons. The maximum atomic E-state index is 9.23. The predicted molar refractivity (Wildman–Crippen MR) is 69.6 cm³/mol. The first-order valence-corrected chi connectivity index (χ1v) is 7.24. The molecule has 0 aliphatic heterocycles. The second-order valence-electron chi connectivity index (χ2n) is 4.74. The van der Waals surface area contributed by atoms with E-state index in [1.54, 1.807) is 11.3 Å². The van der Waals surface area contributed by atoms with Gasteiger partial charge in [0.1, 0.15) is 5.01 Å². The molecule has 1 heterocycles. The highest BCUT2D eigenvalue weighted by Crippen LogP contribution is 2.25. The van der Waals surface area contributed by atoms with Gasteiger partial charge in [-0.3, -0.25) is 0 Å². The van der Waals surface area contributed by atoms with Gasteiger partial charge in [0.25, 0.3) is 0 Å². The van der Waals surface area contributed by atoms with Crippen LogP contribution in [0.15, 0.2) is 11.6 Å². The first-order chi connectivity index (χ1) is 8.31. The Bertz CT molecular complexity index is 369. The number of hydrogen-bond acceptors (Lipinski definition) is 4. The SMILES string of the molecule is CC(NC1CCCCCC1C#N)c1nccs1. The van der Waals surface area contributed by atoms with Crippen molar-refractivity contribution in [2.24, 2.45) is 5.92 Å². The first kappa shape index (κ1) is 12.5. The van der Waals surface area contributed by atoms with Crippen molar-refractivity contribution in [3.05, 3.63) is 16.6 Å². The van der Waals surface area contributed by atoms with Crippen LogP contribution >= 0.6 is 11.3 Å². The molecular formula is C13H19N3S. The van der Waals surface area contributed by atoms with Gasteiger partial charge in [0.2, 0.25) is 0 Å². The molecule has 0 amide bonds. The molecule has 0 bridgehead atoms. The molecule has 2 rings (SSSR count). The molecule has 1 N–H and O–H groups in total. The van der Waals surface area contributed by atoms with E-state index < -0.39 is 0 Å². The van der Waals surface area contributed by atoms with Crippen molar-refractivity contribution in [2.75, 3.05) is 0 Å². The van der Waals surface area contributed by atoms with Gasteiger partial charge in [0, 0.05) is 17.6 Å². The van der Waals surface area contributed by atoms with Gasteiger partial charge in [0.15, 0.2) is 0 Å². The molecule has 1 fully saturated rings. The normalized spacial score (nSPS) is 27.1. The van der Waals surface area contributed by atoms with Gasteiger partial charge in [-0.05, 0) is 19.8 Å². The van der Waals surface area contributed by atoms with E-state index in [1.165, 1.54) is 19.3 Å². The van der Waals surface area contributed by atoms with Gasteiger partial charge < -0.3 is 5.32 Å². The summed E-state index contributed by atoms with van der Waals surface area (Å²) in [7, 11) is 0. The summed E-state index contributed by atoms with van der Waals surface area (Å²) in [5.41, 5.74) is 0. The molecule has 1 aromatic heterocycles. The van der Waals surface area contributed by atoms with Gasteiger partial charge in [-0.1, -0.05) is 19.3 Å². The smallest absolute Gasteiger partial charge is 0.109 e. The molecule has 1 saturated carbocycles. The van der Waals surface area contributed by atoms with Crippen molar-refractivity contribution in [3.8, 4) is 6.07 Å². The van der Waals surface area contributed by atoms with E-state index in [1.807, 2.05) is 11.6 Å². The summed E-state index contributed by atoms with van der Waals surface area (Å²) in [6.07, 6.45) is 7.70. The van der Waals surface area contributed by atoms with Crippen LogP contribution in [0.4, 0.5) is 0 Å². The molecule has 1 aliphatic carbocycles. The monoisotopic (exact) mass is 249 g/mol. The maximum Gasteiger partial charge on any atom is 0.109 e. The number of hydrogen-bond donors (Lipinski definition) is 1. The first-order valence-electron chi connectivity index (χ1n) is 6.36. The summed E-state index contributed by atoms with van der Waals surface area (Å²) in [5, 5.41) is 15.9. The zero-order chi connectivity index (χ0) is 12.1. The highest BCUT2D eigenvalue weighted by Gasteiger charge is 2.25. The van der Waals surface area contributed by atoms with Crippen LogP contribution in [0.3, 0.4) is 0 Å². The van der Waals surface area contributed by atoms with E-state index in [9.17, 15) is 5.26 Å².